The van der Waals surface area contributed by atoms with Crippen LogP contribution in [0.4, 0.5) is 10.1 Å². The Hall–Kier alpha value is -3.23. The van der Waals surface area contributed by atoms with Crippen LogP contribution in [-0.4, -0.2) is 28.0 Å². The average molecular weight is 321 g/mol. The molecule has 1 amide bonds. The van der Waals surface area contributed by atoms with Crippen LogP contribution in [0.25, 0.3) is 0 Å². The highest BCUT2D eigenvalue weighted by molar-refractivity contribution is 5.92. The van der Waals surface area contributed by atoms with Crippen molar-refractivity contribution in [1.82, 2.24) is 9.55 Å². The van der Waals surface area contributed by atoms with Crippen LogP contribution < -0.4 is 16.6 Å². The molecule has 0 saturated heterocycles. The topological polar surface area (TPSA) is 110 Å². The summed E-state index contributed by atoms with van der Waals surface area (Å²) >= 11 is 0. The minimum Gasteiger partial charge on any atom is -0.454 e. The molecular formula is C14H12FN3O5. The van der Waals surface area contributed by atoms with Crippen molar-refractivity contribution in [2.24, 2.45) is 0 Å². The van der Waals surface area contributed by atoms with Crippen LogP contribution in [0.3, 0.4) is 0 Å². The number of esters is 1. The van der Waals surface area contributed by atoms with Gasteiger partial charge >= 0.3 is 11.7 Å². The van der Waals surface area contributed by atoms with E-state index in [1.165, 1.54) is 18.2 Å². The third-order valence-corrected chi connectivity index (χ3v) is 2.67. The van der Waals surface area contributed by atoms with Crippen molar-refractivity contribution in [2.45, 2.75) is 6.54 Å². The van der Waals surface area contributed by atoms with E-state index >= 15 is 0 Å². The SMILES string of the molecule is O=C(COC(=O)Cn1ccc(=O)[nH]c1=O)Nc1cccc(F)c1. The lowest BCUT2D eigenvalue weighted by molar-refractivity contribution is -0.148. The molecule has 23 heavy (non-hydrogen) atoms. The van der Waals surface area contributed by atoms with Gasteiger partial charge in [-0.3, -0.25) is 23.9 Å². The number of hydrogen-bond donors (Lipinski definition) is 2. The van der Waals surface area contributed by atoms with Crippen LogP contribution in [0.15, 0.2) is 46.1 Å². The molecule has 8 nitrogen and oxygen atoms in total. The summed E-state index contributed by atoms with van der Waals surface area (Å²) in [6.45, 7) is -1.05. The molecule has 1 heterocycles. The van der Waals surface area contributed by atoms with Gasteiger partial charge in [0.05, 0.1) is 0 Å². The second-order valence-corrected chi connectivity index (χ2v) is 4.46. The predicted molar refractivity (Wildman–Crippen MR) is 77.3 cm³/mol. The van der Waals surface area contributed by atoms with Gasteiger partial charge < -0.3 is 10.1 Å². The maximum absolute atomic E-state index is 12.9. The van der Waals surface area contributed by atoms with E-state index in [9.17, 15) is 23.6 Å². The van der Waals surface area contributed by atoms with Crippen molar-refractivity contribution in [3.63, 3.8) is 0 Å². The molecule has 0 aliphatic rings. The highest BCUT2D eigenvalue weighted by Gasteiger charge is 2.10. The summed E-state index contributed by atoms with van der Waals surface area (Å²) in [6.07, 6.45) is 1.13. The fourth-order valence-corrected chi connectivity index (χ4v) is 1.66. The van der Waals surface area contributed by atoms with Gasteiger partial charge in [0.2, 0.25) is 0 Å². The summed E-state index contributed by atoms with van der Waals surface area (Å²) in [5.74, 6) is -2.01. The Morgan fingerprint density at radius 1 is 1.26 bits per heavy atom. The summed E-state index contributed by atoms with van der Waals surface area (Å²) in [4.78, 5) is 47.3. The Bertz CT molecular complexity index is 843. The van der Waals surface area contributed by atoms with Gasteiger partial charge in [-0.25, -0.2) is 9.18 Å². The molecule has 2 N–H and O–H groups in total. The lowest BCUT2D eigenvalue weighted by Gasteiger charge is -2.07. The van der Waals surface area contributed by atoms with Crippen molar-refractivity contribution < 1.29 is 18.7 Å². The van der Waals surface area contributed by atoms with Gasteiger partial charge in [0, 0.05) is 18.0 Å². The molecule has 2 aromatic rings. The minimum absolute atomic E-state index is 0.225. The van der Waals surface area contributed by atoms with E-state index in [0.717, 1.165) is 22.9 Å². The Labute approximate surface area is 128 Å². The van der Waals surface area contributed by atoms with E-state index in [2.05, 4.69) is 5.32 Å². The Balaban J connectivity index is 1.85. The fourth-order valence-electron chi connectivity index (χ4n) is 1.66. The molecule has 0 atom stereocenters. The van der Waals surface area contributed by atoms with E-state index < -0.39 is 42.1 Å². The molecule has 120 valence electrons. The number of carbonyl (C=O) groups excluding carboxylic acids is 2. The Morgan fingerprint density at radius 3 is 2.74 bits per heavy atom. The molecule has 0 radical (unpaired) electrons. The van der Waals surface area contributed by atoms with Crippen molar-refractivity contribution in [3.05, 3.63) is 63.2 Å². The molecule has 0 fully saturated rings. The van der Waals surface area contributed by atoms with Gasteiger partial charge in [-0.2, -0.15) is 0 Å². The first-order valence-corrected chi connectivity index (χ1v) is 6.45. The quantitative estimate of drug-likeness (QED) is 0.745. The maximum atomic E-state index is 12.9. The lowest BCUT2D eigenvalue weighted by Crippen LogP contribution is -2.32. The van der Waals surface area contributed by atoms with E-state index in [-0.39, 0.29) is 5.69 Å². The van der Waals surface area contributed by atoms with Crippen molar-refractivity contribution in [3.8, 4) is 0 Å². The number of nitrogens with zero attached hydrogens (tertiary/aromatic N) is 1. The van der Waals surface area contributed by atoms with Crippen LogP contribution >= 0.6 is 0 Å². The number of anilines is 1. The Kier molecular flexibility index (Phi) is 5.03. The van der Waals surface area contributed by atoms with E-state index in [1.54, 1.807) is 0 Å². The third kappa shape index (κ3) is 4.92. The first-order valence-electron chi connectivity index (χ1n) is 6.45. The molecule has 0 aliphatic carbocycles. The van der Waals surface area contributed by atoms with Crippen LogP contribution in [0.2, 0.25) is 0 Å². The van der Waals surface area contributed by atoms with Gasteiger partial charge in [-0.1, -0.05) is 6.07 Å². The van der Waals surface area contributed by atoms with Gasteiger partial charge in [-0.15, -0.1) is 0 Å². The van der Waals surface area contributed by atoms with Gasteiger partial charge in [0.25, 0.3) is 11.5 Å². The van der Waals surface area contributed by atoms with Crippen LogP contribution in [-0.2, 0) is 20.9 Å². The second kappa shape index (κ2) is 7.16. The van der Waals surface area contributed by atoms with Crippen molar-refractivity contribution in [2.75, 3.05) is 11.9 Å². The second-order valence-electron chi connectivity index (χ2n) is 4.46. The van der Waals surface area contributed by atoms with E-state index in [0.29, 0.717) is 0 Å². The van der Waals surface area contributed by atoms with Crippen LogP contribution in [0, 0.1) is 5.82 Å². The summed E-state index contributed by atoms with van der Waals surface area (Å²) in [7, 11) is 0. The monoisotopic (exact) mass is 321 g/mol. The number of halogens is 1. The zero-order valence-electron chi connectivity index (χ0n) is 11.7. The molecule has 0 bridgehead atoms. The molecule has 1 aromatic heterocycles. The summed E-state index contributed by atoms with van der Waals surface area (Å²) in [5, 5.41) is 2.35. The number of aromatic amines is 1. The van der Waals surface area contributed by atoms with Gasteiger partial charge in [0.15, 0.2) is 6.61 Å². The molecule has 0 saturated carbocycles. The number of hydrogen-bond acceptors (Lipinski definition) is 5. The van der Waals surface area contributed by atoms with E-state index in [1.807, 2.05) is 4.98 Å². The first kappa shape index (κ1) is 16.1. The number of ether oxygens (including phenoxy) is 1. The number of aromatic nitrogens is 2. The van der Waals surface area contributed by atoms with Crippen LogP contribution in [0.1, 0.15) is 0 Å². The molecule has 0 aliphatic heterocycles. The lowest BCUT2D eigenvalue weighted by atomic mass is 10.3. The molecule has 1 aromatic carbocycles. The number of carbonyl (C=O) groups is 2. The van der Waals surface area contributed by atoms with Crippen molar-refractivity contribution >= 4 is 17.6 Å². The summed E-state index contributed by atoms with van der Waals surface area (Å²) in [5.41, 5.74) is -1.13. The van der Waals surface area contributed by atoms with E-state index in [4.69, 9.17) is 4.74 Å². The van der Waals surface area contributed by atoms with Crippen molar-refractivity contribution in [1.29, 1.82) is 0 Å². The number of H-pyrrole nitrogens is 1. The first-order chi connectivity index (χ1) is 10.9. The zero-order chi connectivity index (χ0) is 16.8. The maximum Gasteiger partial charge on any atom is 0.328 e. The predicted octanol–water partition coefficient (Wildman–Crippen LogP) is -0.142. The molecule has 9 heteroatoms. The summed E-state index contributed by atoms with van der Waals surface area (Å²) < 4.78 is 18.6. The third-order valence-electron chi connectivity index (χ3n) is 2.67. The largest absolute Gasteiger partial charge is 0.454 e. The minimum atomic E-state index is -0.839. The van der Waals surface area contributed by atoms with Crippen LogP contribution in [0.5, 0.6) is 0 Å². The number of benzene rings is 1. The number of amides is 1. The molecule has 2 rings (SSSR count). The fraction of sp³-hybridized carbons (Fsp3) is 0.143. The normalized spacial score (nSPS) is 10.1. The smallest absolute Gasteiger partial charge is 0.328 e. The summed E-state index contributed by atoms with van der Waals surface area (Å²) in [6, 6.07) is 6.30. The number of rotatable bonds is 5. The molecule has 0 spiro atoms. The Morgan fingerprint density at radius 2 is 2.04 bits per heavy atom. The average Bonchev–Trinajstić information content (AvgIpc) is 2.48. The number of nitrogens with one attached hydrogen (secondary N) is 2. The highest BCUT2D eigenvalue weighted by Crippen LogP contribution is 2.08. The van der Waals surface area contributed by atoms with Gasteiger partial charge in [0.1, 0.15) is 12.4 Å². The molecular weight excluding hydrogens is 309 g/mol. The zero-order valence-corrected chi connectivity index (χ0v) is 11.7. The standard InChI is InChI=1S/C14H12FN3O5/c15-9-2-1-3-10(6-9)16-12(20)8-23-13(21)7-18-5-4-11(19)17-14(18)22/h1-6H,7-8H2,(H,16,20)(H,17,19,22). The highest BCUT2D eigenvalue weighted by atomic mass is 19.1. The van der Waals surface area contributed by atoms with Gasteiger partial charge in [-0.05, 0) is 18.2 Å². The molecule has 0 unspecified atom stereocenters.